The highest BCUT2D eigenvalue weighted by Gasteiger charge is 2.23. The third-order valence-corrected chi connectivity index (χ3v) is 4.73. The van der Waals surface area contributed by atoms with Crippen molar-refractivity contribution in [3.8, 4) is 11.5 Å². The molecule has 2 aliphatic heterocycles. The fraction of sp³-hybridized carbons (Fsp3) is 0.333. The molecular formula is C21H23N3O3. The summed E-state index contributed by atoms with van der Waals surface area (Å²) in [6, 6.07) is 11.8. The summed E-state index contributed by atoms with van der Waals surface area (Å²) >= 11 is 0. The number of hydrogen-bond acceptors (Lipinski definition) is 5. The molecule has 1 fully saturated rings. The van der Waals surface area contributed by atoms with Crippen LogP contribution in [0.25, 0.3) is 6.08 Å². The van der Waals surface area contributed by atoms with Crippen molar-refractivity contribution in [3.63, 3.8) is 0 Å². The molecule has 1 atom stereocenters. The van der Waals surface area contributed by atoms with Crippen LogP contribution in [0, 0.1) is 0 Å². The van der Waals surface area contributed by atoms with E-state index >= 15 is 0 Å². The number of pyridine rings is 1. The number of piperidine rings is 1. The molecule has 0 aliphatic carbocycles. The van der Waals surface area contributed by atoms with Gasteiger partial charge < -0.3 is 19.7 Å². The number of benzene rings is 1. The van der Waals surface area contributed by atoms with Crippen molar-refractivity contribution in [1.29, 1.82) is 0 Å². The number of likely N-dealkylation sites (tertiary alicyclic amines) is 1. The number of aromatic nitrogens is 1. The van der Waals surface area contributed by atoms with Crippen molar-refractivity contribution in [2.45, 2.75) is 18.9 Å². The number of nitrogens with zero attached hydrogens (tertiary/aromatic N) is 2. The van der Waals surface area contributed by atoms with Crippen LogP contribution in [0.2, 0.25) is 0 Å². The first kappa shape index (κ1) is 17.4. The van der Waals surface area contributed by atoms with Crippen molar-refractivity contribution in [2.24, 2.45) is 0 Å². The first-order chi connectivity index (χ1) is 13.3. The van der Waals surface area contributed by atoms with Crippen LogP contribution in [-0.2, 0) is 4.79 Å². The molecule has 1 N–H and O–H groups in total. The van der Waals surface area contributed by atoms with Gasteiger partial charge in [0, 0.05) is 43.2 Å². The van der Waals surface area contributed by atoms with Gasteiger partial charge in [0.2, 0.25) is 5.91 Å². The number of carbonyl (C=O) groups is 1. The van der Waals surface area contributed by atoms with E-state index in [9.17, 15) is 4.79 Å². The molecule has 2 aromatic rings. The van der Waals surface area contributed by atoms with Crippen molar-refractivity contribution < 1.29 is 14.3 Å². The van der Waals surface area contributed by atoms with Gasteiger partial charge in [0.15, 0.2) is 11.5 Å². The van der Waals surface area contributed by atoms with E-state index in [-0.39, 0.29) is 11.9 Å². The Morgan fingerprint density at radius 2 is 2.07 bits per heavy atom. The van der Waals surface area contributed by atoms with Gasteiger partial charge in [-0.05, 0) is 43.2 Å². The topological polar surface area (TPSA) is 63.7 Å². The van der Waals surface area contributed by atoms with Gasteiger partial charge in [-0.3, -0.25) is 9.78 Å². The highest BCUT2D eigenvalue weighted by molar-refractivity contribution is 5.91. The largest absolute Gasteiger partial charge is 0.486 e. The maximum absolute atomic E-state index is 12.5. The molecule has 27 heavy (non-hydrogen) atoms. The van der Waals surface area contributed by atoms with E-state index < -0.39 is 0 Å². The number of nitrogens with one attached hydrogen (secondary N) is 1. The lowest BCUT2D eigenvalue weighted by Crippen LogP contribution is -2.44. The Morgan fingerprint density at radius 3 is 2.93 bits per heavy atom. The summed E-state index contributed by atoms with van der Waals surface area (Å²) in [7, 11) is 0. The van der Waals surface area contributed by atoms with Crippen LogP contribution < -0.4 is 14.8 Å². The van der Waals surface area contributed by atoms with Crippen LogP contribution in [0.4, 0.5) is 5.69 Å². The first-order valence-electron chi connectivity index (χ1n) is 9.32. The molecule has 1 aromatic carbocycles. The molecule has 0 bridgehead atoms. The van der Waals surface area contributed by atoms with E-state index in [0.29, 0.717) is 19.8 Å². The fourth-order valence-electron chi connectivity index (χ4n) is 3.40. The summed E-state index contributed by atoms with van der Waals surface area (Å²) in [5, 5.41) is 3.52. The molecule has 2 aliphatic rings. The molecular weight excluding hydrogens is 342 g/mol. The Hall–Kier alpha value is -3.02. The summed E-state index contributed by atoms with van der Waals surface area (Å²) in [6.07, 6.45) is 7.10. The Morgan fingerprint density at radius 1 is 1.19 bits per heavy atom. The van der Waals surface area contributed by atoms with Gasteiger partial charge in [0.1, 0.15) is 13.2 Å². The molecule has 6 nitrogen and oxygen atoms in total. The van der Waals surface area contributed by atoms with Crippen LogP contribution in [0.3, 0.4) is 0 Å². The number of anilines is 1. The van der Waals surface area contributed by atoms with Gasteiger partial charge >= 0.3 is 0 Å². The van der Waals surface area contributed by atoms with E-state index in [1.165, 1.54) is 0 Å². The lowest BCUT2D eigenvalue weighted by atomic mass is 10.0. The summed E-state index contributed by atoms with van der Waals surface area (Å²) in [5.41, 5.74) is 1.77. The molecule has 6 heteroatoms. The molecule has 0 spiro atoms. The predicted molar refractivity (Wildman–Crippen MR) is 104 cm³/mol. The minimum atomic E-state index is 0.0225. The third-order valence-electron chi connectivity index (χ3n) is 4.73. The number of amides is 1. The highest BCUT2D eigenvalue weighted by Crippen LogP contribution is 2.33. The molecule has 3 heterocycles. The van der Waals surface area contributed by atoms with Gasteiger partial charge in [0.05, 0.1) is 5.69 Å². The summed E-state index contributed by atoms with van der Waals surface area (Å²) in [5.74, 6) is 1.58. The molecule has 1 saturated heterocycles. The molecule has 140 valence electrons. The Labute approximate surface area is 158 Å². The molecule has 0 saturated carbocycles. The lowest BCUT2D eigenvalue weighted by Gasteiger charge is -2.33. The smallest absolute Gasteiger partial charge is 0.246 e. The normalized spacial score (nSPS) is 19.1. The van der Waals surface area contributed by atoms with Crippen LogP contribution in [0.1, 0.15) is 18.5 Å². The quantitative estimate of drug-likeness (QED) is 0.844. The predicted octanol–water partition coefficient (Wildman–Crippen LogP) is 2.97. The maximum atomic E-state index is 12.5. The SMILES string of the molecule is O=C(/C=C/c1ccccn1)N1CCC[C@H](Nc2ccc3c(c2)OCCO3)C1. The van der Waals surface area contributed by atoms with Crippen LogP contribution in [0.5, 0.6) is 11.5 Å². The van der Waals surface area contributed by atoms with E-state index in [1.807, 2.05) is 41.3 Å². The maximum Gasteiger partial charge on any atom is 0.246 e. The Bertz CT molecular complexity index is 823. The average molecular weight is 365 g/mol. The highest BCUT2D eigenvalue weighted by atomic mass is 16.6. The van der Waals surface area contributed by atoms with Crippen molar-refractivity contribution in [3.05, 3.63) is 54.4 Å². The molecule has 0 unspecified atom stereocenters. The fourth-order valence-corrected chi connectivity index (χ4v) is 3.40. The second kappa shape index (κ2) is 8.12. The average Bonchev–Trinajstić information content (AvgIpc) is 2.73. The summed E-state index contributed by atoms with van der Waals surface area (Å²) in [4.78, 5) is 18.6. The molecule has 1 amide bonds. The summed E-state index contributed by atoms with van der Waals surface area (Å²) in [6.45, 7) is 2.63. The van der Waals surface area contributed by atoms with E-state index in [4.69, 9.17) is 9.47 Å². The molecule has 0 radical (unpaired) electrons. The standard InChI is InChI=1S/C21H23N3O3/c25-21(9-7-16-4-1-2-10-22-16)24-11-3-5-18(15-24)23-17-6-8-19-20(14-17)27-13-12-26-19/h1-2,4,6-10,14,18,23H,3,5,11-13,15H2/b9-7+/t18-/m0/s1. The van der Waals surface area contributed by atoms with E-state index in [2.05, 4.69) is 10.3 Å². The minimum absolute atomic E-state index is 0.0225. The van der Waals surface area contributed by atoms with Gasteiger partial charge in [-0.2, -0.15) is 0 Å². The van der Waals surface area contributed by atoms with E-state index in [0.717, 1.165) is 42.3 Å². The van der Waals surface area contributed by atoms with Crippen molar-refractivity contribution >= 4 is 17.7 Å². The Balaban J connectivity index is 1.36. The zero-order valence-corrected chi connectivity index (χ0v) is 15.1. The Kier molecular flexibility index (Phi) is 5.23. The van der Waals surface area contributed by atoms with Crippen LogP contribution >= 0.6 is 0 Å². The van der Waals surface area contributed by atoms with E-state index in [1.54, 1.807) is 18.3 Å². The second-order valence-electron chi connectivity index (χ2n) is 6.71. The molecule has 1 aromatic heterocycles. The van der Waals surface area contributed by atoms with Crippen molar-refractivity contribution in [2.75, 3.05) is 31.6 Å². The zero-order valence-electron chi connectivity index (χ0n) is 15.1. The first-order valence-corrected chi connectivity index (χ1v) is 9.32. The second-order valence-corrected chi connectivity index (χ2v) is 6.71. The molecule has 4 rings (SSSR count). The lowest BCUT2D eigenvalue weighted by molar-refractivity contribution is -0.126. The number of rotatable bonds is 4. The van der Waals surface area contributed by atoms with Gasteiger partial charge in [-0.1, -0.05) is 6.07 Å². The van der Waals surface area contributed by atoms with Gasteiger partial charge in [-0.15, -0.1) is 0 Å². The van der Waals surface area contributed by atoms with Gasteiger partial charge in [-0.25, -0.2) is 0 Å². The number of hydrogen-bond donors (Lipinski definition) is 1. The number of carbonyl (C=O) groups excluding carboxylic acids is 1. The van der Waals surface area contributed by atoms with Gasteiger partial charge in [0.25, 0.3) is 0 Å². The monoisotopic (exact) mass is 365 g/mol. The number of fused-ring (bicyclic) bond motifs is 1. The summed E-state index contributed by atoms with van der Waals surface area (Å²) < 4.78 is 11.2. The minimum Gasteiger partial charge on any atom is -0.486 e. The number of ether oxygens (including phenoxy) is 2. The van der Waals surface area contributed by atoms with Crippen LogP contribution in [0.15, 0.2) is 48.7 Å². The zero-order chi connectivity index (χ0) is 18.5. The van der Waals surface area contributed by atoms with Crippen LogP contribution in [-0.4, -0.2) is 48.1 Å². The van der Waals surface area contributed by atoms with Crippen molar-refractivity contribution in [1.82, 2.24) is 9.88 Å². The third kappa shape index (κ3) is 4.39.